The molecule has 2 aliphatic carbocycles. The second kappa shape index (κ2) is 6.05. The minimum Gasteiger partial charge on any atom is -0.366 e. The summed E-state index contributed by atoms with van der Waals surface area (Å²) >= 11 is 1.95. The van der Waals surface area contributed by atoms with E-state index in [-0.39, 0.29) is 0 Å². The van der Waals surface area contributed by atoms with Crippen LogP contribution in [-0.4, -0.2) is 22.5 Å². The van der Waals surface area contributed by atoms with Gasteiger partial charge in [-0.3, -0.25) is 0 Å². The number of aryl methyl sites for hydroxylation is 2. The number of nitrogens with one attached hydrogen (secondary N) is 1. The van der Waals surface area contributed by atoms with Crippen LogP contribution >= 0.6 is 11.8 Å². The first-order valence-electron chi connectivity index (χ1n) is 7.52. The van der Waals surface area contributed by atoms with E-state index < -0.39 is 0 Å². The van der Waals surface area contributed by atoms with Gasteiger partial charge in [-0.05, 0) is 62.8 Å². The first kappa shape index (κ1) is 13.8. The lowest BCUT2D eigenvalue weighted by molar-refractivity contribution is 0.665. The summed E-state index contributed by atoms with van der Waals surface area (Å²) in [6, 6.07) is 4.86. The standard InChI is InChI=1S/C16H21N3S/c1-20-14-7-6-13(9-14)18-16-12(10-17)8-11-4-2-3-5-15(11)19-16/h8,13-14H,2-7,9H2,1H3,(H,18,19). The molecule has 1 aromatic heterocycles. The van der Waals surface area contributed by atoms with Crippen molar-refractivity contribution in [2.45, 2.75) is 56.2 Å². The second-order valence-corrected chi connectivity index (χ2v) is 6.96. The van der Waals surface area contributed by atoms with Crippen molar-refractivity contribution < 1.29 is 0 Å². The van der Waals surface area contributed by atoms with E-state index in [0.29, 0.717) is 6.04 Å². The summed E-state index contributed by atoms with van der Waals surface area (Å²) in [4.78, 5) is 4.76. The monoisotopic (exact) mass is 287 g/mol. The lowest BCUT2D eigenvalue weighted by Crippen LogP contribution is -2.19. The normalized spacial score (nSPS) is 25.0. The molecule has 0 radical (unpaired) electrons. The van der Waals surface area contributed by atoms with Crippen LogP contribution in [0.2, 0.25) is 0 Å². The Bertz CT molecular complexity index is 535. The summed E-state index contributed by atoms with van der Waals surface area (Å²) in [5, 5.41) is 13.6. The Morgan fingerprint density at radius 1 is 1.35 bits per heavy atom. The topological polar surface area (TPSA) is 48.7 Å². The molecule has 1 heterocycles. The molecule has 4 heteroatoms. The quantitative estimate of drug-likeness (QED) is 0.924. The lowest BCUT2D eigenvalue weighted by atomic mass is 9.95. The summed E-state index contributed by atoms with van der Waals surface area (Å²) < 4.78 is 0. The third-order valence-corrected chi connectivity index (χ3v) is 5.57. The van der Waals surface area contributed by atoms with Gasteiger partial charge in [-0.2, -0.15) is 17.0 Å². The van der Waals surface area contributed by atoms with Gasteiger partial charge in [0.15, 0.2) is 0 Å². The largest absolute Gasteiger partial charge is 0.366 e. The first-order valence-corrected chi connectivity index (χ1v) is 8.81. The smallest absolute Gasteiger partial charge is 0.144 e. The first-order chi connectivity index (χ1) is 9.80. The summed E-state index contributed by atoms with van der Waals surface area (Å²) in [5.41, 5.74) is 3.21. The molecule has 0 amide bonds. The predicted molar refractivity (Wildman–Crippen MR) is 84.2 cm³/mol. The van der Waals surface area contributed by atoms with Gasteiger partial charge in [0.25, 0.3) is 0 Å². The lowest BCUT2D eigenvalue weighted by Gasteiger charge is -2.19. The van der Waals surface area contributed by atoms with E-state index in [1.54, 1.807) is 0 Å². The molecule has 3 rings (SSSR count). The van der Waals surface area contributed by atoms with Crippen LogP contribution in [0.15, 0.2) is 6.07 Å². The number of anilines is 1. The summed E-state index contributed by atoms with van der Waals surface area (Å²) in [5.74, 6) is 0.819. The number of hydrogen-bond acceptors (Lipinski definition) is 4. The van der Waals surface area contributed by atoms with Gasteiger partial charge in [-0.1, -0.05) is 0 Å². The van der Waals surface area contributed by atoms with E-state index in [9.17, 15) is 5.26 Å². The fourth-order valence-electron chi connectivity index (χ4n) is 3.31. The Morgan fingerprint density at radius 2 is 2.20 bits per heavy atom. The van der Waals surface area contributed by atoms with Crippen LogP contribution in [0.4, 0.5) is 5.82 Å². The highest BCUT2D eigenvalue weighted by atomic mass is 32.2. The number of nitrogens with zero attached hydrogens (tertiary/aromatic N) is 2. The maximum atomic E-state index is 9.36. The van der Waals surface area contributed by atoms with Crippen molar-refractivity contribution in [2.75, 3.05) is 11.6 Å². The van der Waals surface area contributed by atoms with Gasteiger partial charge in [0.2, 0.25) is 0 Å². The molecule has 1 N–H and O–H groups in total. The van der Waals surface area contributed by atoms with Gasteiger partial charge in [0.05, 0.1) is 5.56 Å². The number of thioether (sulfide) groups is 1. The minimum atomic E-state index is 0.480. The molecule has 1 fully saturated rings. The number of pyridine rings is 1. The number of aromatic nitrogens is 1. The van der Waals surface area contributed by atoms with Crippen LogP contribution in [0.3, 0.4) is 0 Å². The highest BCUT2D eigenvalue weighted by molar-refractivity contribution is 7.99. The molecule has 0 saturated heterocycles. The van der Waals surface area contributed by atoms with E-state index in [0.717, 1.165) is 29.5 Å². The zero-order chi connectivity index (χ0) is 13.9. The van der Waals surface area contributed by atoms with Gasteiger partial charge >= 0.3 is 0 Å². The number of fused-ring (bicyclic) bond motifs is 1. The number of rotatable bonds is 3. The fourth-order valence-corrected chi connectivity index (χ4v) is 4.10. The van der Waals surface area contributed by atoms with Crippen LogP contribution in [0, 0.1) is 11.3 Å². The molecular weight excluding hydrogens is 266 g/mol. The zero-order valence-corrected chi connectivity index (χ0v) is 12.8. The van der Waals surface area contributed by atoms with E-state index in [1.807, 2.05) is 11.8 Å². The van der Waals surface area contributed by atoms with Crippen LogP contribution in [0.25, 0.3) is 0 Å². The van der Waals surface area contributed by atoms with Crippen molar-refractivity contribution in [2.24, 2.45) is 0 Å². The van der Waals surface area contributed by atoms with Crippen molar-refractivity contribution >= 4 is 17.6 Å². The molecule has 0 aliphatic heterocycles. The highest BCUT2D eigenvalue weighted by Crippen LogP contribution is 2.31. The molecule has 1 aromatic rings. The molecule has 2 atom stereocenters. The van der Waals surface area contributed by atoms with Crippen molar-refractivity contribution in [3.63, 3.8) is 0 Å². The van der Waals surface area contributed by atoms with E-state index >= 15 is 0 Å². The van der Waals surface area contributed by atoms with Gasteiger partial charge in [0, 0.05) is 17.0 Å². The van der Waals surface area contributed by atoms with Crippen LogP contribution in [0.1, 0.15) is 48.9 Å². The summed E-state index contributed by atoms with van der Waals surface area (Å²) in [7, 11) is 0. The molecule has 1 saturated carbocycles. The minimum absolute atomic E-state index is 0.480. The van der Waals surface area contributed by atoms with Crippen molar-refractivity contribution in [1.82, 2.24) is 4.98 Å². The van der Waals surface area contributed by atoms with Gasteiger partial charge in [0.1, 0.15) is 11.9 Å². The van der Waals surface area contributed by atoms with Crippen molar-refractivity contribution in [3.8, 4) is 6.07 Å². The SMILES string of the molecule is CSC1CCC(Nc2nc3c(cc2C#N)CCCC3)C1. The predicted octanol–water partition coefficient (Wildman–Crippen LogP) is 3.53. The molecule has 0 bridgehead atoms. The van der Waals surface area contributed by atoms with Crippen LogP contribution in [-0.2, 0) is 12.8 Å². The van der Waals surface area contributed by atoms with Gasteiger partial charge in [-0.15, -0.1) is 0 Å². The maximum absolute atomic E-state index is 9.36. The molecule has 2 aliphatic rings. The Kier molecular flexibility index (Phi) is 4.16. The summed E-state index contributed by atoms with van der Waals surface area (Å²) in [6.07, 6.45) is 10.4. The Hall–Kier alpha value is -1.21. The Morgan fingerprint density at radius 3 is 2.95 bits per heavy atom. The molecular formula is C16H21N3S. The molecule has 3 nitrogen and oxygen atoms in total. The number of nitriles is 1. The molecule has 0 aromatic carbocycles. The third-order valence-electron chi connectivity index (χ3n) is 4.48. The van der Waals surface area contributed by atoms with Crippen molar-refractivity contribution in [3.05, 3.63) is 22.9 Å². The van der Waals surface area contributed by atoms with E-state index in [2.05, 4.69) is 23.7 Å². The average Bonchev–Trinajstić information content (AvgIpc) is 2.94. The van der Waals surface area contributed by atoms with Gasteiger partial charge in [-0.25, -0.2) is 4.98 Å². The molecule has 2 unspecified atom stereocenters. The van der Waals surface area contributed by atoms with Crippen molar-refractivity contribution in [1.29, 1.82) is 5.26 Å². The van der Waals surface area contributed by atoms with Gasteiger partial charge < -0.3 is 5.32 Å². The van der Waals surface area contributed by atoms with Crippen LogP contribution < -0.4 is 5.32 Å². The number of hydrogen-bond donors (Lipinski definition) is 1. The highest BCUT2D eigenvalue weighted by Gasteiger charge is 2.25. The Balaban J connectivity index is 1.80. The fraction of sp³-hybridized carbons (Fsp3) is 0.625. The molecule has 20 heavy (non-hydrogen) atoms. The van der Waals surface area contributed by atoms with E-state index in [4.69, 9.17) is 4.98 Å². The summed E-state index contributed by atoms with van der Waals surface area (Å²) in [6.45, 7) is 0. The maximum Gasteiger partial charge on any atom is 0.144 e. The third kappa shape index (κ3) is 2.78. The van der Waals surface area contributed by atoms with E-state index in [1.165, 1.54) is 43.4 Å². The molecule has 0 spiro atoms. The average molecular weight is 287 g/mol. The second-order valence-electron chi connectivity index (χ2n) is 5.82. The van der Waals surface area contributed by atoms with Crippen LogP contribution in [0.5, 0.6) is 0 Å². The Labute approximate surface area is 125 Å². The zero-order valence-electron chi connectivity index (χ0n) is 12.0. The molecule has 106 valence electrons.